The van der Waals surface area contributed by atoms with Crippen LogP contribution in [0.5, 0.6) is 11.5 Å². The number of nitrogens with zero attached hydrogens (tertiary/aromatic N) is 1. The van der Waals surface area contributed by atoms with Crippen LogP contribution in [-0.4, -0.2) is 10.5 Å². The van der Waals surface area contributed by atoms with Gasteiger partial charge in [-0.2, -0.15) is 0 Å². The minimum absolute atomic E-state index is 0.0323. The molecule has 0 fully saturated rings. The van der Waals surface area contributed by atoms with Crippen LogP contribution in [0.4, 0.5) is 0 Å². The smallest absolute Gasteiger partial charge is 0.138 e. The molecule has 2 aromatic carbocycles. The highest BCUT2D eigenvalue weighted by molar-refractivity contribution is 6.30. The van der Waals surface area contributed by atoms with Gasteiger partial charge in [-0.25, -0.2) is 0 Å². The van der Waals surface area contributed by atoms with E-state index in [0.717, 1.165) is 28.1 Å². The van der Waals surface area contributed by atoms with Gasteiger partial charge in [-0.15, -0.1) is 0 Å². The third kappa shape index (κ3) is 4.25. The molecule has 0 atom stereocenters. The number of hydrogen-bond acceptors (Lipinski definition) is 3. The van der Waals surface area contributed by atoms with Gasteiger partial charge < -0.3 is 10.1 Å². The van der Waals surface area contributed by atoms with E-state index in [-0.39, 0.29) is 5.54 Å². The molecule has 0 aliphatic carbocycles. The summed E-state index contributed by atoms with van der Waals surface area (Å²) in [5.41, 5.74) is 1.91. The number of nitrogens with one attached hydrogen (secondary N) is 1. The molecule has 3 nitrogen and oxygen atoms in total. The van der Waals surface area contributed by atoms with Crippen molar-refractivity contribution in [3.8, 4) is 11.5 Å². The lowest BCUT2D eigenvalue weighted by molar-refractivity contribution is 0.420. The van der Waals surface area contributed by atoms with Gasteiger partial charge in [0.2, 0.25) is 0 Å². The van der Waals surface area contributed by atoms with Crippen molar-refractivity contribution < 1.29 is 4.74 Å². The summed E-state index contributed by atoms with van der Waals surface area (Å²) in [4.78, 5) is 4.73. The summed E-state index contributed by atoms with van der Waals surface area (Å²) in [5, 5.41) is 5.15. The number of rotatable bonds is 4. The number of fused-ring (bicyclic) bond motifs is 1. The van der Waals surface area contributed by atoms with E-state index in [9.17, 15) is 0 Å². The van der Waals surface area contributed by atoms with Gasteiger partial charge in [0.1, 0.15) is 11.5 Å². The van der Waals surface area contributed by atoms with Gasteiger partial charge in [-0.3, -0.25) is 4.98 Å². The lowest BCUT2D eigenvalue weighted by Gasteiger charge is -2.20. The van der Waals surface area contributed by atoms with Crippen molar-refractivity contribution in [2.24, 2.45) is 0 Å². The third-order valence-electron chi connectivity index (χ3n) is 3.57. The Morgan fingerprint density at radius 2 is 1.75 bits per heavy atom. The highest BCUT2D eigenvalue weighted by atomic mass is 35.5. The summed E-state index contributed by atoms with van der Waals surface area (Å²) < 4.78 is 6.09. The Bertz CT molecular complexity index is 838. The average molecular weight is 341 g/mol. The lowest BCUT2D eigenvalue weighted by atomic mass is 10.1. The van der Waals surface area contributed by atoms with Crippen LogP contribution in [0.25, 0.3) is 10.9 Å². The Hall–Kier alpha value is -2.10. The van der Waals surface area contributed by atoms with Crippen LogP contribution >= 0.6 is 11.6 Å². The number of hydrogen-bond donors (Lipinski definition) is 1. The first kappa shape index (κ1) is 16.7. The molecule has 3 rings (SSSR count). The molecule has 1 N–H and O–H groups in total. The molecule has 124 valence electrons. The van der Waals surface area contributed by atoms with E-state index in [1.165, 1.54) is 0 Å². The van der Waals surface area contributed by atoms with E-state index < -0.39 is 0 Å². The first-order chi connectivity index (χ1) is 11.4. The van der Waals surface area contributed by atoms with Gasteiger partial charge in [-0.05, 0) is 57.2 Å². The third-order valence-corrected chi connectivity index (χ3v) is 3.82. The van der Waals surface area contributed by atoms with Crippen molar-refractivity contribution in [3.05, 3.63) is 65.3 Å². The average Bonchev–Trinajstić information content (AvgIpc) is 2.54. The Labute approximate surface area is 147 Å². The largest absolute Gasteiger partial charge is 0.457 e. The SMILES string of the molecule is CC(C)(C)NCc1cc(Oc2ccc(Cl)cc2)c2ccccc2n1. The first-order valence-corrected chi connectivity index (χ1v) is 8.36. The molecule has 0 saturated heterocycles. The predicted octanol–water partition coefficient (Wildman–Crippen LogP) is 5.57. The Kier molecular flexibility index (Phi) is 4.74. The Balaban J connectivity index is 1.96. The lowest BCUT2D eigenvalue weighted by Crippen LogP contribution is -2.35. The van der Waals surface area contributed by atoms with Crippen molar-refractivity contribution in [2.75, 3.05) is 0 Å². The summed E-state index contributed by atoms with van der Waals surface area (Å²) in [6.07, 6.45) is 0. The maximum atomic E-state index is 6.09. The Morgan fingerprint density at radius 3 is 2.46 bits per heavy atom. The molecule has 0 radical (unpaired) electrons. The van der Waals surface area contributed by atoms with E-state index >= 15 is 0 Å². The molecule has 0 spiro atoms. The normalized spacial score (nSPS) is 11.7. The second-order valence-electron chi connectivity index (χ2n) is 6.79. The fourth-order valence-electron chi connectivity index (χ4n) is 2.36. The van der Waals surface area contributed by atoms with Gasteiger partial charge in [0.05, 0.1) is 11.2 Å². The van der Waals surface area contributed by atoms with Crippen LogP contribution in [0.2, 0.25) is 5.02 Å². The van der Waals surface area contributed by atoms with Gasteiger partial charge in [-0.1, -0.05) is 23.7 Å². The first-order valence-electron chi connectivity index (χ1n) is 7.98. The van der Waals surface area contributed by atoms with Crippen molar-refractivity contribution in [1.29, 1.82) is 0 Å². The van der Waals surface area contributed by atoms with Crippen molar-refractivity contribution in [2.45, 2.75) is 32.9 Å². The molecule has 1 aromatic heterocycles. The number of aromatic nitrogens is 1. The van der Waals surface area contributed by atoms with Gasteiger partial charge in [0.15, 0.2) is 0 Å². The van der Waals surface area contributed by atoms with Gasteiger partial charge in [0.25, 0.3) is 0 Å². The van der Waals surface area contributed by atoms with E-state index in [4.69, 9.17) is 21.3 Å². The Morgan fingerprint density at radius 1 is 1.04 bits per heavy atom. The van der Waals surface area contributed by atoms with E-state index in [0.29, 0.717) is 11.6 Å². The summed E-state index contributed by atoms with van der Waals surface area (Å²) in [6.45, 7) is 7.10. The zero-order valence-electron chi connectivity index (χ0n) is 14.1. The van der Waals surface area contributed by atoms with Crippen LogP contribution in [0.1, 0.15) is 26.5 Å². The summed E-state index contributed by atoms with van der Waals surface area (Å²) in [7, 11) is 0. The van der Waals surface area contributed by atoms with Crippen LogP contribution in [0.3, 0.4) is 0 Å². The molecule has 3 aromatic rings. The summed E-state index contributed by atoms with van der Waals surface area (Å²) in [5.74, 6) is 1.55. The summed E-state index contributed by atoms with van der Waals surface area (Å²) >= 11 is 5.95. The van der Waals surface area contributed by atoms with Crippen molar-refractivity contribution >= 4 is 22.5 Å². The van der Waals surface area contributed by atoms with Crippen LogP contribution in [0, 0.1) is 0 Å². The molecule has 4 heteroatoms. The van der Waals surface area contributed by atoms with E-state index in [2.05, 4.69) is 26.1 Å². The van der Waals surface area contributed by atoms with Crippen LogP contribution in [0.15, 0.2) is 54.6 Å². The highest BCUT2D eigenvalue weighted by Gasteiger charge is 2.12. The molecule has 0 bridgehead atoms. The highest BCUT2D eigenvalue weighted by Crippen LogP contribution is 2.30. The molecule has 24 heavy (non-hydrogen) atoms. The quantitative estimate of drug-likeness (QED) is 0.674. The molecule has 0 aliphatic rings. The second kappa shape index (κ2) is 6.80. The molecule has 0 amide bonds. The number of halogens is 1. The number of pyridine rings is 1. The predicted molar refractivity (Wildman–Crippen MR) is 99.9 cm³/mol. The molecule has 0 saturated carbocycles. The zero-order chi connectivity index (χ0) is 17.2. The maximum absolute atomic E-state index is 6.09. The van der Waals surface area contributed by atoms with E-state index in [1.807, 2.05) is 54.6 Å². The standard InChI is InChI=1S/C20H21ClN2O/c1-20(2,3)22-13-15-12-19(17-6-4-5-7-18(17)23-15)24-16-10-8-14(21)9-11-16/h4-12,22H,13H2,1-3H3. The molecular weight excluding hydrogens is 320 g/mol. The monoisotopic (exact) mass is 340 g/mol. The molecular formula is C20H21ClN2O. The fourth-order valence-corrected chi connectivity index (χ4v) is 2.48. The minimum Gasteiger partial charge on any atom is -0.457 e. The van der Waals surface area contributed by atoms with Crippen molar-refractivity contribution in [3.63, 3.8) is 0 Å². The summed E-state index contributed by atoms with van der Waals surface area (Å²) in [6, 6.07) is 17.4. The van der Waals surface area contributed by atoms with Crippen molar-refractivity contribution in [1.82, 2.24) is 10.3 Å². The van der Waals surface area contributed by atoms with Crippen LogP contribution < -0.4 is 10.1 Å². The number of para-hydroxylation sites is 1. The fraction of sp³-hybridized carbons (Fsp3) is 0.250. The topological polar surface area (TPSA) is 34.1 Å². The minimum atomic E-state index is 0.0323. The second-order valence-corrected chi connectivity index (χ2v) is 7.22. The number of benzene rings is 2. The molecule has 1 heterocycles. The van der Waals surface area contributed by atoms with E-state index in [1.54, 1.807) is 0 Å². The molecule has 0 unspecified atom stereocenters. The maximum Gasteiger partial charge on any atom is 0.138 e. The zero-order valence-corrected chi connectivity index (χ0v) is 14.9. The number of ether oxygens (including phenoxy) is 1. The van der Waals surface area contributed by atoms with Crippen LogP contribution in [-0.2, 0) is 6.54 Å². The molecule has 0 aliphatic heterocycles. The van der Waals surface area contributed by atoms with Gasteiger partial charge >= 0.3 is 0 Å². The van der Waals surface area contributed by atoms with Gasteiger partial charge in [0, 0.05) is 28.6 Å².